The molecule has 1 amide bonds. The molecule has 8 heteroatoms. The molecule has 0 aliphatic rings. The molecule has 118 valence electrons. The van der Waals surface area contributed by atoms with E-state index in [1.165, 1.54) is 17.1 Å². The fourth-order valence-corrected chi connectivity index (χ4v) is 1.97. The summed E-state index contributed by atoms with van der Waals surface area (Å²) in [6.45, 7) is 6.26. The van der Waals surface area contributed by atoms with E-state index in [0.29, 0.717) is 0 Å². The van der Waals surface area contributed by atoms with Crippen molar-refractivity contribution in [1.29, 1.82) is 0 Å². The van der Waals surface area contributed by atoms with Crippen LogP contribution in [0.3, 0.4) is 0 Å². The third kappa shape index (κ3) is 3.33. The van der Waals surface area contributed by atoms with Crippen molar-refractivity contribution in [1.82, 2.24) is 24.9 Å². The van der Waals surface area contributed by atoms with Crippen molar-refractivity contribution >= 4 is 11.9 Å². The molecule has 0 aromatic carbocycles. The summed E-state index contributed by atoms with van der Waals surface area (Å²) in [7, 11) is 0. The predicted octanol–water partition coefficient (Wildman–Crippen LogP) is 1.24. The van der Waals surface area contributed by atoms with Crippen molar-refractivity contribution in [3.05, 3.63) is 35.9 Å². The normalized spacial score (nSPS) is 13.6. The van der Waals surface area contributed by atoms with Gasteiger partial charge < -0.3 is 10.4 Å². The molecule has 0 fully saturated rings. The number of nitrogens with one attached hydrogen (secondary N) is 1. The molecule has 0 aliphatic carbocycles. The van der Waals surface area contributed by atoms with Gasteiger partial charge >= 0.3 is 5.97 Å². The zero-order chi connectivity index (χ0) is 16.3. The maximum atomic E-state index is 12.2. The summed E-state index contributed by atoms with van der Waals surface area (Å²) in [5.74, 6) is -1.32. The van der Waals surface area contributed by atoms with Crippen LogP contribution < -0.4 is 5.32 Å². The van der Waals surface area contributed by atoms with E-state index in [0.717, 1.165) is 12.2 Å². The lowest BCUT2D eigenvalue weighted by atomic mass is 10.2. The third-order valence-corrected chi connectivity index (χ3v) is 3.41. The van der Waals surface area contributed by atoms with E-state index in [2.05, 4.69) is 15.5 Å². The highest BCUT2D eigenvalue weighted by molar-refractivity contribution is 5.87. The minimum Gasteiger partial charge on any atom is -0.478 e. The average molecular weight is 305 g/mol. The summed E-state index contributed by atoms with van der Waals surface area (Å²) >= 11 is 0. The molecule has 0 aliphatic heterocycles. The lowest BCUT2D eigenvalue weighted by Gasteiger charge is -2.16. The van der Waals surface area contributed by atoms with Crippen LogP contribution in [0.25, 0.3) is 0 Å². The number of nitrogens with zero attached hydrogens (tertiary/aromatic N) is 4. The summed E-state index contributed by atoms with van der Waals surface area (Å²) in [6.07, 6.45) is 4.41. The molecule has 2 rings (SSSR count). The zero-order valence-electron chi connectivity index (χ0n) is 12.7. The SMILES string of the molecule is CCn1ccc(C(C)NC(=O)C(C)n2cc(C(=O)O)cn2)n1. The minimum atomic E-state index is -1.07. The van der Waals surface area contributed by atoms with Crippen molar-refractivity contribution < 1.29 is 14.7 Å². The molecule has 0 saturated carbocycles. The molecule has 22 heavy (non-hydrogen) atoms. The molecule has 2 N–H and O–H groups in total. The molecule has 0 saturated heterocycles. The fraction of sp³-hybridized carbons (Fsp3) is 0.429. The van der Waals surface area contributed by atoms with Crippen LogP contribution in [0.15, 0.2) is 24.7 Å². The lowest BCUT2D eigenvalue weighted by molar-refractivity contribution is -0.124. The largest absolute Gasteiger partial charge is 0.478 e. The van der Waals surface area contributed by atoms with Crippen molar-refractivity contribution in [2.45, 2.75) is 39.4 Å². The quantitative estimate of drug-likeness (QED) is 0.836. The number of carboxylic acids is 1. The molecular formula is C14H19N5O3. The number of carboxylic acid groups (broad SMARTS) is 1. The van der Waals surface area contributed by atoms with Gasteiger partial charge in [0.15, 0.2) is 0 Å². The molecule has 2 atom stereocenters. The molecule has 2 aromatic heterocycles. The van der Waals surface area contributed by atoms with Gasteiger partial charge in [-0.3, -0.25) is 14.2 Å². The highest BCUT2D eigenvalue weighted by atomic mass is 16.4. The number of carbonyl (C=O) groups excluding carboxylic acids is 1. The Kier molecular flexibility index (Phi) is 4.59. The fourth-order valence-electron chi connectivity index (χ4n) is 1.97. The summed E-state index contributed by atoms with van der Waals surface area (Å²) < 4.78 is 3.12. The molecule has 8 nitrogen and oxygen atoms in total. The molecule has 2 aromatic rings. The third-order valence-electron chi connectivity index (χ3n) is 3.41. The maximum Gasteiger partial charge on any atom is 0.338 e. The standard InChI is InChI=1S/C14H19N5O3/c1-4-18-6-5-12(17-18)9(2)16-13(20)10(3)19-8-11(7-15-19)14(21)22/h5-10H,4H2,1-3H3,(H,16,20)(H,21,22). The van der Waals surface area contributed by atoms with E-state index in [-0.39, 0.29) is 17.5 Å². The van der Waals surface area contributed by atoms with Crippen molar-refractivity contribution in [2.24, 2.45) is 0 Å². The van der Waals surface area contributed by atoms with Gasteiger partial charge in [0.05, 0.1) is 23.5 Å². The zero-order valence-corrected chi connectivity index (χ0v) is 12.7. The van der Waals surface area contributed by atoms with Crippen molar-refractivity contribution in [3.63, 3.8) is 0 Å². The molecule has 0 spiro atoms. The molecule has 2 heterocycles. The summed E-state index contributed by atoms with van der Waals surface area (Å²) in [5.41, 5.74) is 0.823. The monoisotopic (exact) mass is 305 g/mol. The predicted molar refractivity (Wildman–Crippen MR) is 78.4 cm³/mol. The Morgan fingerprint density at radius 3 is 2.68 bits per heavy atom. The van der Waals surface area contributed by atoms with E-state index >= 15 is 0 Å². The minimum absolute atomic E-state index is 0.0504. The van der Waals surface area contributed by atoms with Gasteiger partial charge in [-0.25, -0.2) is 4.79 Å². The van der Waals surface area contributed by atoms with Gasteiger partial charge in [0, 0.05) is 18.9 Å². The first-order valence-corrected chi connectivity index (χ1v) is 7.03. The first kappa shape index (κ1) is 15.7. The molecule has 0 radical (unpaired) electrons. The summed E-state index contributed by atoms with van der Waals surface area (Å²) in [6, 6.07) is 1.01. The van der Waals surface area contributed by atoms with Gasteiger partial charge in [-0.2, -0.15) is 10.2 Å². The van der Waals surface area contributed by atoms with E-state index in [1.807, 2.05) is 26.1 Å². The maximum absolute atomic E-state index is 12.2. The summed E-state index contributed by atoms with van der Waals surface area (Å²) in [5, 5.41) is 20.0. The van der Waals surface area contributed by atoms with E-state index in [9.17, 15) is 9.59 Å². The van der Waals surface area contributed by atoms with E-state index in [4.69, 9.17) is 5.11 Å². The van der Waals surface area contributed by atoms with Gasteiger partial charge in [0.2, 0.25) is 5.91 Å². The Balaban J connectivity index is 2.02. The molecule has 2 unspecified atom stereocenters. The average Bonchev–Trinajstić information content (AvgIpc) is 3.15. The molecular weight excluding hydrogens is 286 g/mol. The van der Waals surface area contributed by atoms with E-state index < -0.39 is 12.0 Å². The number of carbonyl (C=O) groups is 2. The number of aromatic nitrogens is 4. The van der Waals surface area contributed by atoms with Crippen molar-refractivity contribution in [2.75, 3.05) is 0 Å². The van der Waals surface area contributed by atoms with Crippen LogP contribution in [0.4, 0.5) is 0 Å². The van der Waals surface area contributed by atoms with Crippen LogP contribution in [0.5, 0.6) is 0 Å². The lowest BCUT2D eigenvalue weighted by Crippen LogP contribution is -2.33. The summed E-state index contributed by atoms with van der Waals surface area (Å²) in [4.78, 5) is 23.1. The number of amides is 1. The Hall–Kier alpha value is -2.64. The van der Waals surface area contributed by atoms with Crippen LogP contribution in [0, 0.1) is 0 Å². The molecule has 0 bridgehead atoms. The number of hydrogen-bond acceptors (Lipinski definition) is 4. The van der Waals surface area contributed by atoms with Crippen LogP contribution in [-0.2, 0) is 11.3 Å². The van der Waals surface area contributed by atoms with Gasteiger partial charge in [-0.15, -0.1) is 0 Å². The Bertz CT molecular complexity index is 676. The second-order valence-corrected chi connectivity index (χ2v) is 5.02. The van der Waals surface area contributed by atoms with Gasteiger partial charge in [0.1, 0.15) is 6.04 Å². The van der Waals surface area contributed by atoms with Crippen LogP contribution in [0.1, 0.15) is 48.9 Å². The smallest absolute Gasteiger partial charge is 0.338 e. The van der Waals surface area contributed by atoms with Gasteiger partial charge in [-0.05, 0) is 26.8 Å². The van der Waals surface area contributed by atoms with Crippen LogP contribution in [-0.4, -0.2) is 36.5 Å². The number of hydrogen-bond donors (Lipinski definition) is 2. The van der Waals surface area contributed by atoms with Crippen molar-refractivity contribution in [3.8, 4) is 0 Å². The van der Waals surface area contributed by atoms with E-state index in [1.54, 1.807) is 11.6 Å². The topological polar surface area (TPSA) is 102 Å². The number of rotatable bonds is 6. The highest BCUT2D eigenvalue weighted by Crippen LogP contribution is 2.13. The number of aryl methyl sites for hydroxylation is 1. The second-order valence-electron chi connectivity index (χ2n) is 5.02. The first-order valence-electron chi connectivity index (χ1n) is 7.03. The Morgan fingerprint density at radius 2 is 2.14 bits per heavy atom. The number of aromatic carboxylic acids is 1. The van der Waals surface area contributed by atoms with Gasteiger partial charge in [0.25, 0.3) is 0 Å². The van der Waals surface area contributed by atoms with Gasteiger partial charge in [-0.1, -0.05) is 0 Å². The second kappa shape index (κ2) is 6.42. The van der Waals surface area contributed by atoms with Crippen LogP contribution in [0.2, 0.25) is 0 Å². The van der Waals surface area contributed by atoms with Crippen LogP contribution >= 0.6 is 0 Å². The Labute approximate surface area is 127 Å². The highest BCUT2D eigenvalue weighted by Gasteiger charge is 2.20. The first-order chi connectivity index (χ1) is 10.4. The Morgan fingerprint density at radius 1 is 1.41 bits per heavy atom.